The second-order valence-electron chi connectivity index (χ2n) is 5.93. The zero-order valence-electron chi connectivity index (χ0n) is 16.3. The van der Waals surface area contributed by atoms with Gasteiger partial charge in [0.2, 0.25) is 0 Å². The van der Waals surface area contributed by atoms with E-state index in [0.717, 1.165) is 34.8 Å². The lowest BCUT2D eigenvalue weighted by Crippen LogP contribution is -2.15. The summed E-state index contributed by atoms with van der Waals surface area (Å²) in [6, 6.07) is 6.08. The van der Waals surface area contributed by atoms with Crippen LogP contribution in [-0.4, -0.2) is 19.8 Å². The molecule has 0 aliphatic heterocycles. The number of nitrogens with one attached hydrogen (secondary N) is 3. The number of allylic oxidation sites excluding steroid dienone is 6. The van der Waals surface area contributed by atoms with Gasteiger partial charge >= 0.3 is 0 Å². The maximum Gasteiger partial charge on any atom is 0.0921 e. The van der Waals surface area contributed by atoms with E-state index in [2.05, 4.69) is 68.7 Å². The third-order valence-corrected chi connectivity index (χ3v) is 4.62. The Balaban J connectivity index is 2.88. The van der Waals surface area contributed by atoms with Crippen molar-refractivity contribution in [3.63, 3.8) is 0 Å². The molecule has 0 aliphatic rings. The van der Waals surface area contributed by atoms with E-state index in [1.807, 2.05) is 39.2 Å². The molecule has 4 nitrogen and oxygen atoms in total. The Morgan fingerprint density at radius 1 is 1.31 bits per heavy atom. The number of nitrogens with zero attached hydrogens (tertiary/aromatic N) is 1. The topological polar surface area (TPSA) is 48.5 Å². The summed E-state index contributed by atoms with van der Waals surface area (Å²) in [5, 5.41) is 12.0. The number of anilines is 2. The van der Waals surface area contributed by atoms with Gasteiger partial charge in [0.1, 0.15) is 0 Å². The van der Waals surface area contributed by atoms with Crippen LogP contribution in [0.5, 0.6) is 0 Å². The predicted octanol–water partition coefficient (Wildman–Crippen LogP) is 5.12. The third kappa shape index (κ3) is 6.53. The van der Waals surface area contributed by atoms with E-state index in [1.165, 1.54) is 5.31 Å². The fourth-order valence-corrected chi connectivity index (χ4v) is 2.37. The molecule has 26 heavy (non-hydrogen) atoms. The van der Waals surface area contributed by atoms with Gasteiger partial charge in [-0.25, -0.2) is 0 Å². The van der Waals surface area contributed by atoms with Crippen LogP contribution in [0.4, 0.5) is 11.4 Å². The maximum atomic E-state index is 4.52. The molecule has 1 rings (SSSR count). The summed E-state index contributed by atoms with van der Waals surface area (Å²) in [5.41, 5.74) is 7.71. The largest absolute Gasteiger partial charge is 0.388 e. The first-order chi connectivity index (χ1) is 12.5. The summed E-state index contributed by atoms with van der Waals surface area (Å²) in [6.07, 6.45) is 8.93. The first-order valence-corrected chi connectivity index (χ1v) is 9.27. The Morgan fingerprint density at radius 2 is 2.04 bits per heavy atom. The van der Waals surface area contributed by atoms with Gasteiger partial charge < -0.3 is 10.6 Å². The number of hydrogen-bond donors (Lipinski definition) is 3. The Hall–Kier alpha value is -2.32. The van der Waals surface area contributed by atoms with E-state index in [0.29, 0.717) is 0 Å². The van der Waals surface area contributed by atoms with Crippen LogP contribution in [-0.2, 0) is 0 Å². The van der Waals surface area contributed by atoms with Crippen molar-refractivity contribution in [2.75, 3.05) is 24.7 Å². The third-order valence-electron chi connectivity index (χ3n) is 4.09. The lowest BCUT2D eigenvalue weighted by molar-refractivity contribution is 0.629. The average molecular weight is 370 g/mol. The van der Waals surface area contributed by atoms with Crippen molar-refractivity contribution in [1.82, 2.24) is 5.43 Å². The number of rotatable bonds is 10. The first kappa shape index (κ1) is 21.7. The quantitative estimate of drug-likeness (QED) is 0.232. The molecule has 0 amide bonds. The molecular formula is C21H31N4P. The van der Waals surface area contributed by atoms with Crippen molar-refractivity contribution in [2.45, 2.75) is 20.3 Å². The summed E-state index contributed by atoms with van der Waals surface area (Å²) in [5.74, 6) is 0.267. The van der Waals surface area contributed by atoms with Crippen LogP contribution in [0.1, 0.15) is 25.8 Å². The van der Waals surface area contributed by atoms with Crippen LogP contribution in [0.15, 0.2) is 71.8 Å². The molecule has 140 valence electrons. The molecular weight excluding hydrogens is 339 g/mol. The first-order valence-electron chi connectivity index (χ1n) is 8.69. The molecule has 0 fully saturated rings. The van der Waals surface area contributed by atoms with Gasteiger partial charge in [-0.15, -0.1) is 9.24 Å². The van der Waals surface area contributed by atoms with E-state index in [9.17, 15) is 0 Å². The fourth-order valence-electron chi connectivity index (χ4n) is 2.23. The highest BCUT2D eigenvalue weighted by molar-refractivity contribution is 7.22. The molecule has 0 radical (unpaired) electrons. The molecule has 0 saturated heterocycles. The minimum atomic E-state index is 0.267. The van der Waals surface area contributed by atoms with E-state index in [-0.39, 0.29) is 5.92 Å². The second-order valence-corrected chi connectivity index (χ2v) is 6.59. The highest BCUT2D eigenvalue weighted by Gasteiger charge is 2.09. The van der Waals surface area contributed by atoms with Crippen LogP contribution < -0.4 is 16.1 Å². The molecule has 1 aromatic rings. The summed E-state index contributed by atoms with van der Waals surface area (Å²) in [6.45, 7) is 12.2. The lowest BCUT2D eigenvalue weighted by atomic mass is 10.0. The predicted molar refractivity (Wildman–Crippen MR) is 121 cm³/mol. The molecule has 2 atom stereocenters. The standard InChI is InChI=1S/C21H31N4P/c1-7-18(26)11-9-10-15(3)16(4)24-25-20(8-2)19-14-17(22-5)12-13-21(19)23-6/h7-9,11-15,22-24H,2,4,10,26H2,1,3,5-6H3/b11-9-,18-7+,25-20+. The van der Waals surface area contributed by atoms with E-state index in [4.69, 9.17) is 0 Å². The normalized spacial score (nSPS) is 13.4. The highest BCUT2D eigenvalue weighted by atomic mass is 31.0. The van der Waals surface area contributed by atoms with Gasteiger partial charge in [-0.1, -0.05) is 38.3 Å². The molecule has 3 N–H and O–H groups in total. The minimum absolute atomic E-state index is 0.267. The number of hydrazone groups is 1. The van der Waals surface area contributed by atoms with Crippen molar-refractivity contribution in [1.29, 1.82) is 0 Å². The van der Waals surface area contributed by atoms with Crippen molar-refractivity contribution < 1.29 is 0 Å². The maximum absolute atomic E-state index is 4.52. The zero-order valence-corrected chi connectivity index (χ0v) is 17.4. The van der Waals surface area contributed by atoms with Crippen LogP contribution in [0.2, 0.25) is 0 Å². The summed E-state index contributed by atoms with van der Waals surface area (Å²) in [7, 11) is 6.49. The smallest absolute Gasteiger partial charge is 0.0921 e. The van der Waals surface area contributed by atoms with Gasteiger partial charge in [0.05, 0.1) is 5.71 Å². The van der Waals surface area contributed by atoms with Crippen LogP contribution in [0, 0.1) is 5.92 Å². The lowest BCUT2D eigenvalue weighted by Gasteiger charge is -2.15. The summed E-state index contributed by atoms with van der Waals surface area (Å²) < 4.78 is 0. The van der Waals surface area contributed by atoms with Crippen molar-refractivity contribution in [3.05, 3.63) is 72.2 Å². The van der Waals surface area contributed by atoms with Crippen molar-refractivity contribution >= 4 is 26.3 Å². The highest BCUT2D eigenvalue weighted by Crippen LogP contribution is 2.21. The zero-order chi connectivity index (χ0) is 19.5. The molecule has 0 bridgehead atoms. The van der Waals surface area contributed by atoms with Gasteiger partial charge in [-0.05, 0) is 42.9 Å². The van der Waals surface area contributed by atoms with Gasteiger partial charge in [-0.3, -0.25) is 5.43 Å². The summed E-state index contributed by atoms with van der Waals surface area (Å²) >= 11 is 0. The molecule has 5 heteroatoms. The van der Waals surface area contributed by atoms with Gasteiger partial charge in [-0.2, -0.15) is 5.10 Å². The molecule has 0 saturated carbocycles. The molecule has 1 aromatic carbocycles. The minimum Gasteiger partial charge on any atom is -0.388 e. The Labute approximate surface area is 160 Å². The van der Waals surface area contributed by atoms with Crippen LogP contribution in [0.3, 0.4) is 0 Å². The van der Waals surface area contributed by atoms with Crippen LogP contribution >= 0.6 is 9.24 Å². The van der Waals surface area contributed by atoms with Crippen LogP contribution in [0.25, 0.3) is 0 Å². The summed E-state index contributed by atoms with van der Waals surface area (Å²) in [4.78, 5) is 0. The molecule has 0 spiro atoms. The monoisotopic (exact) mass is 370 g/mol. The number of hydrogen-bond acceptors (Lipinski definition) is 4. The molecule has 0 aliphatic carbocycles. The second kappa shape index (κ2) is 11.3. The average Bonchev–Trinajstić information content (AvgIpc) is 2.67. The SMILES string of the molecule is C=C/C(=N\NC(=C)C(C)C/C=C\C(P)=C/C)c1cc(NC)ccc1NC. The van der Waals surface area contributed by atoms with Crippen molar-refractivity contribution in [2.24, 2.45) is 11.0 Å². The Morgan fingerprint density at radius 3 is 2.62 bits per heavy atom. The van der Waals surface area contributed by atoms with Gasteiger partial charge in [0.15, 0.2) is 0 Å². The Bertz CT molecular complexity index is 717. The van der Waals surface area contributed by atoms with E-state index >= 15 is 0 Å². The molecule has 2 unspecified atom stereocenters. The van der Waals surface area contributed by atoms with E-state index < -0.39 is 0 Å². The number of benzene rings is 1. The van der Waals surface area contributed by atoms with E-state index in [1.54, 1.807) is 6.08 Å². The van der Waals surface area contributed by atoms with Gasteiger partial charge in [0, 0.05) is 42.6 Å². The fraction of sp³-hybridized carbons (Fsp3) is 0.286. The van der Waals surface area contributed by atoms with Crippen molar-refractivity contribution in [3.8, 4) is 0 Å². The molecule has 0 heterocycles. The Kier molecular flexibility index (Phi) is 9.46. The molecule has 0 aromatic heterocycles. The van der Waals surface area contributed by atoms with Gasteiger partial charge in [0.25, 0.3) is 0 Å².